The molecule has 30 heteroatoms. The highest BCUT2D eigenvalue weighted by Gasteiger charge is 2.28. The van der Waals surface area contributed by atoms with Crippen LogP contribution in [-0.4, -0.2) is 150 Å². The Bertz CT molecular complexity index is 5080. The maximum atomic E-state index is 15.0. The number of benzene rings is 10. The van der Waals surface area contributed by atoms with Gasteiger partial charge in [-0.1, -0.05) is 117 Å². The lowest BCUT2D eigenvalue weighted by Crippen LogP contribution is -2.21. The van der Waals surface area contributed by atoms with E-state index in [9.17, 15) is 28.8 Å². The van der Waals surface area contributed by atoms with Crippen LogP contribution in [0.1, 0.15) is 216 Å². The number of hydrogen-bond donors (Lipinski definition) is 6. The number of rotatable bonds is 66. The van der Waals surface area contributed by atoms with E-state index in [1.165, 1.54) is 146 Å². The molecule has 10 rings (SSSR count). The molecule has 756 valence electrons. The number of fused-ring (bicyclic) bond motifs is 6. The molecule has 0 saturated carbocycles. The molecule has 0 aliphatic rings. The number of nitrogens with one attached hydrogen (secondary N) is 6. The third kappa shape index (κ3) is 37.1. The summed E-state index contributed by atoms with van der Waals surface area (Å²) in [5, 5.41) is 17.7. The van der Waals surface area contributed by atoms with Crippen LogP contribution in [0.3, 0.4) is 0 Å². The summed E-state index contributed by atoms with van der Waals surface area (Å²) in [5.41, 5.74) is 0.238. The Morgan fingerprint density at radius 2 is 0.306 bits per heavy atom. The summed E-state index contributed by atoms with van der Waals surface area (Å²) in [4.78, 5) is 160. The lowest BCUT2D eigenvalue weighted by molar-refractivity contribution is -0.117. The number of carbonyl (C=O) groups excluding carboxylic acids is 12. The maximum absolute atomic E-state index is 15.0. The van der Waals surface area contributed by atoms with Crippen molar-refractivity contribution >= 4 is 104 Å². The summed E-state index contributed by atoms with van der Waals surface area (Å²) in [7, 11) is 0. The molecule has 0 aromatic heterocycles. The number of carbonyl (C=O) groups is 12. The van der Waals surface area contributed by atoms with E-state index >= 15 is 28.8 Å². The zero-order chi connectivity index (χ0) is 102. The summed E-state index contributed by atoms with van der Waals surface area (Å²) in [6, 6.07) is 45.9. The summed E-state index contributed by atoms with van der Waals surface area (Å²) < 4.78 is 75.0. The Labute approximate surface area is 838 Å². The first kappa shape index (κ1) is 110. The largest absolute Gasteiger partial charge is 0.494 e. The van der Waals surface area contributed by atoms with Crippen LogP contribution in [0.4, 0.5) is 0 Å². The van der Waals surface area contributed by atoms with Gasteiger partial charge in [0.1, 0.15) is 34.5 Å². The van der Waals surface area contributed by atoms with Crippen LogP contribution in [0.5, 0.6) is 69.0 Å². The monoisotopic (exact) mass is 1960 g/mol. The molecule has 144 heavy (non-hydrogen) atoms. The first-order valence-corrected chi connectivity index (χ1v) is 48.8. The minimum absolute atomic E-state index is 0.0397. The van der Waals surface area contributed by atoms with Crippen molar-refractivity contribution in [3.63, 3.8) is 0 Å². The van der Waals surface area contributed by atoms with Gasteiger partial charge in [0, 0.05) is 39.3 Å². The number of unbranched alkanes of at least 4 members (excludes halogenated alkanes) is 18. The van der Waals surface area contributed by atoms with E-state index in [0.717, 1.165) is 116 Å². The molecule has 0 radical (unpaired) electrons. The first-order chi connectivity index (χ1) is 70.1. The molecule has 0 bridgehead atoms. The van der Waals surface area contributed by atoms with Crippen LogP contribution in [0.25, 0.3) is 32.3 Å². The minimum atomic E-state index is -0.923. The predicted octanol–water partition coefficient (Wildman–Crippen LogP) is 19.9. The molecule has 6 N–H and O–H groups in total. The second-order valence-corrected chi connectivity index (χ2v) is 33.6. The lowest BCUT2D eigenvalue weighted by atomic mass is 9.93. The van der Waals surface area contributed by atoms with Crippen LogP contribution >= 0.6 is 0 Å². The van der Waals surface area contributed by atoms with Gasteiger partial charge in [-0.05, 0) is 328 Å². The average Bonchev–Trinajstić information content (AvgIpc) is 0.720. The van der Waals surface area contributed by atoms with E-state index in [1.807, 2.05) is 0 Å². The number of amides is 6. The molecule has 6 amide bonds. The fourth-order valence-corrected chi connectivity index (χ4v) is 14.9. The van der Waals surface area contributed by atoms with Crippen molar-refractivity contribution in [2.75, 3.05) is 78.9 Å². The molecule has 0 aliphatic carbocycles. The molecule has 0 atom stereocenters. The molecule has 0 heterocycles. The highest BCUT2D eigenvalue weighted by atomic mass is 16.6. The second-order valence-electron chi connectivity index (χ2n) is 33.6. The molecule has 0 saturated heterocycles. The zero-order valence-electron chi connectivity index (χ0n) is 81.3. The molecule has 10 aromatic carbocycles. The van der Waals surface area contributed by atoms with Gasteiger partial charge in [-0.2, -0.15) is 0 Å². The van der Waals surface area contributed by atoms with Gasteiger partial charge < -0.3 is 88.7 Å². The van der Waals surface area contributed by atoms with E-state index in [2.05, 4.69) is 71.4 Å². The van der Waals surface area contributed by atoms with Crippen LogP contribution < -0.4 is 88.7 Å². The van der Waals surface area contributed by atoms with Crippen molar-refractivity contribution < 1.29 is 114 Å². The summed E-state index contributed by atoms with van der Waals surface area (Å²) in [6.45, 7) is 26.1. The van der Waals surface area contributed by atoms with Gasteiger partial charge in [0.05, 0.1) is 73.0 Å². The summed E-state index contributed by atoms with van der Waals surface area (Å²) in [5.74, 6) is -6.27. The van der Waals surface area contributed by atoms with Crippen LogP contribution in [0, 0.1) is 0 Å². The highest BCUT2D eigenvalue weighted by molar-refractivity contribution is 6.27. The summed E-state index contributed by atoms with van der Waals surface area (Å²) >= 11 is 0. The van der Waals surface area contributed by atoms with E-state index in [4.69, 9.17) is 56.8 Å². The smallest absolute Gasteiger partial charge is 0.343 e. The lowest BCUT2D eigenvalue weighted by Gasteiger charge is -2.19. The highest BCUT2D eigenvalue weighted by Crippen LogP contribution is 2.48. The van der Waals surface area contributed by atoms with E-state index < -0.39 is 35.8 Å². The van der Waals surface area contributed by atoms with Gasteiger partial charge >= 0.3 is 35.8 Å². The maximum Gasteiger partial charge on any atom is 0.343 e. The Kier molecular flexibility index (Phi) is 46.4. The van der Waals surface area contributed by atoms with Crippen LogP contribution in [0.15, 0.2) is 258 Å². The molecule has 30 nitrogen and oxygen atoms in total. The van der Waals surface area contributed by atoms with Crippen molar-refractivity contribution in [3.05, 3.63) is 291 Å². The molecular weight excluding hydrogens is 1840 g/mol. The third-order valence-electron chi connectivity index (χ3n) is 22.8. The molecule has 0 unspecified atom stereocenters. The third-order valence-corrected chi connectivity index (χ3v) is 22.8. The van der Waals surface area contributed by atoms with Gasteiger partial charge in [0.25, 0.3) is 0 Å². The average molecular weight is 1960 g/mol. The van der Waals surface area contributed by atoms with Crippen molar-refractivity contribution in [3.8, 4) is 69.0 Å². The number of ether oxygens (including phenoxy) is 12. The topological polar surface area (TPSA) is 388 Å². The van der Waals surface area contributed by atoms with E-state index in [1.54, 1.807) is 72.8 Å². The van der Waals surface area contributed by atoms with Gasteiger partial charge in [0.15, 0.2) is 34.5 Å². The van der Waals surface area contributed by atoms with Crippen molar-refractivity contribution in [1.29, 1.82) is 0 Å². The van der Waals surface area contributed by atoms with Gasteiger partial charge in [-0.25, -0.2) is 28.8 Å². The Balaban J connectivity index is 1.10. The Hall–Kier alpha value is -16.1. The molecule has 0 fully saturated rings. The Morgan fingerprint density at radius 1 is 0.181 bits per heavy atom. The first-order valence-electron chi connectivity index (χ1n) is 48.8. The van der Waals surface area contributed by atoms with Gasteiger partial charge in [-0.3, -0.25) is 28.8 Å². The van der Waals surface area contributed by atoms with Crippen LogP contribution in [-0.2, 0) is 28.8 Å². The predicted molar refractivity (Wildman–Crippen MR) is 550 cm³/mol. The second kappa shape index (κ2) is 60.8. The fourth-order valence-electron chi connectivity index (χ4n) is 14.9. The van der Waals surface area contributed by atoms with Crippen LogP contribution in [0.2, 0.25) is 0 Å². The SMILES string of the molecule is C=CC(=O)NCCCCCCOc1ccc(C(=O)Oc2cc3c4cc(OC(=O)c5ccc(OCCCCCCNC(=O)C=C)cc5)c(OC(=O)c5ccc(OCCCCCCNC(=O)C=C)cc5)cc4c4cc(OC(=O)c5ccc(OCCCCCCNC(=O)C=C)cc5)c(OC(=O)c5ccc(OCCCCCCNC(=O)C=C)cc5)cc4c3cc2OC(=O)c2ccc(OCCCCCCNC(=O)C=C)cc2)cc1. The van der Waals surface area contributed by atoms with E-state index in [0.29, 0.717) is 152 Å². The van der Waals surface area contributed by atoms with E-state index in [-0.39, 0.29) is 136 Å². The summed E-state index contributed by atoms with van der Waals surface area (Å²) in [6.07, 6.45) is 26.0. The molecule has 0 spiro atoms. The molecule has 10 aromatic rings. The van der Waals surface area contributed by atoms with Crippen molar-refractivity contribution in [1.82, 2.24) is 31.9 Å². The molecular formula is C114H126N6O24. The quantitative estimate of drug-likeness (QED) is 0.00678. The van der Waals surface area contributed by atoms with Gasteiger partial charge in [-0.15, -0.1) is 0 Å². The number of esters is 6. The molecule has 0 aliphatic heterocycles. The normalized spacial score (nSPS) is 10.8. The fraction of sp³-hybridized carbons (Fsp3) is 0.316. The minimum Gasteiger partial charge on any atom is -0.494 e. The number of hydrogen-bond acceptors (Lipinski definition) is 24. The van der Waals surface area contributed by atoms with Crippen molar-refractivity contribution in [2.24, 2.45) is 0 Å². The van der Waals surface area contributed by atoms with Gasteiger partial charge in [0.2, 0.25) is 35.4 Å². The zero-order valence-corrected chi connectivity index (χ0v) is 81.3. The standard InChI is InChI=1S/C114H126N6O24/c1-7-103(121)115-61-25-13-19-31-67-133-85-49-37-79(38-50-85)109(127)139-97-73-91-92(74-98(97)140-110(128)80-39-51-86(52-40-80)134-68-32-20-14-26-62-116-104(122)8-2)94-76-100(142-112(130)82-43-55-88(56-44-82)136-70-34-22-16-28-64-118-106(124)10-4)102(144-114(132)84-47-59-90(60-48-84)138-72-36-24-18-30-66-120-108(126)12-6)78-96(94)95-77-101(143-113(131)83-45-57-89(58-46-83)137-71-35-23-17-29-65-119-107(125)11-5)99(75-93(91)95)141-111(129)81-41-53-87(54-42-81)135-69-33-21-15-27-63-117-105(123)9-3/h7-12,37-60,73-78H,1-6,13-36,61-72H2,(H,115,121)(H,116,122)(H,117,123)(H,118,124)(H,119,125)(H,120,126). The Morgan fingerprint density at radius 3 is 0.431 bits per heavy atom. The van der Waals surface area contributed by atoms with Crippen molar-refractivity contribution in [2.45, 2.75) is 154 Å².